The van der Waals surface area contributed by atoms with Gasteiger partial charge in [-0.25, -0.2) is 4.79 Å². The lowest BCUT2D eigenvalue weighted by molar-refractivity contribution is -0.141. The minimum Gasteiger partial charge on any atom is -0.478 e. The van der Waals surface area contributed by atoms with Crippen LogP contribution in [0.5, 0.6) is 0 Å². The summed E-state index contributed by atoms with van der Waals surface area (Å²) in [4.78, 5) is 36.8. The third kappa shape index (κ3) is 2.76. The van der Waals surface area contributed by atoms with Gasteiger partial charge in [-0.1, -0.05) is 19.7 Å². The van der Waals surface area contributed by atoms with Crippen LogP contribution in [0, 0.1) is 0 Å². The largest absolute Gasteiger partial charge is 0.478 e. The quantitative estimate of drug-likeness (QED) is 0.494. The van der Waals surface area contributed by atoms with Crippen LogP contribution in [0.1, 0.15) is 0 Å². The molecule has 1 heterocycles. The molecule has 0 atom stereocenters. The fraction of sp³-hybridized carbons (Fsp3) is 0.357. The molecule has 0 spiro atoms. The van der Waals surface area contributed by atoms with Crippen molar-refractivity contribution in [3.05, 3.63) is 37.5 Å². The number of carbonyl (C=O) groups excluding carboxylic acids is 2. The Labute approximate surface area is 117 Å². The highest BCUT2D eigenvalue weighted by Gasteiger charge is 2.49. The predicted octanol–water partition coefficient (Wildman–Crippen LogP) is -0.219. The molecule has 0 bridgehead atoms. The van der Waals surface area contributed by atoms with E-state index >= 15 is 0 Å². The Morgan fingerprint density at radius 2 is 1.80 bits per heavy atom. The van der Waals surface area contributed by atoms with E-state index in [0.29, 0.717) is 13.1 Å². The maximum Gasteiger partial charge on any atom is 0.332 e. The number of aliphatic carboxylic acids is 1. The highest BCUT2D eigenvalue weighted by atomic mass is 16.4. The monoisotopic (exact) mass is 278 g/mol. The Kier molecular flexibility index (Phi) is 5.12. The van der Waals surface area contributed by atoms with Gasteiger partial charge in [0, 0.05) is 31.8 Å². The summed E-state index contributed by atoms with van der Waals surface area (Å²) in [5.74, 6) is -2.12. The molecule has 0 aromatic rings. The number of hydrogen-bond donors (Lipinski definition) is 2. The number of nitrogens with one attached hydrogen (secondary N) is 1. The molecule has 6 nitrogen and oxygen atoms in total. The molecule has 0 aromatic carbocycles. The Morgan fingerprint density at radius 3 is 2.25 bits per heavy atom. The van der Waals surface area contributed by atoms with Crippen molar-refractivity contribution in [2.24, 2.45) is 0 Å². The third-order valence-electron chi connectivity index (χ3n) is 3.35. The van der Waals surface area contributed by atoms with Crippen molar-refractivity contribution < 1.29 is 19.5 Å². The van der Waals surface area contributed by atoms with E-state index in [2.05, 4.69) is 25.1 Å². The number of rotatable bonds is 7. The molecule has 1 aliphatic heterocycles. The molecular weight excluding hydrogens is 260 g/mol. The first kappa shape index (κ1) is 16.0. The first-order chi connectivity index (χ1) is 9.40. The van der Waals surface area contributed by atoms with Crippen LogP contribution in [-0.4, -0.2) is 59.3 Å². The van der Waals surface area contributed by atoms with Gasteiger partial charge in [-0.2, -0.15) is 0 Å². The van der Waals surface area contributed by atoms with Gasteiger partial charge >= 0.3 is 5.97 Å². The third-order valence-corrected chi connectivity index (χ3v) is 3.35. The molecule has 0 saturated carbocycles. The van der Waals surface area contributed by atoms with Crippen LogP contribution in [0.4, 0.5) is 0 Å². The van der Waals surface area contributed by atoms with Gasteiger partial charge < -0.3 is 10.4 Å². The summed E-state index contributed by atoms with van der Waals surface area (Å²) in [6.07, 6.45) is 2.15. The maximum absolute atomic E-state index is 12.2. The molecule has 0 unspecified atom stereocenters. The second kappa shape index (κ2) is 6.40. The van der Waals surface area contributed by atoms with Crippen molar-refractivity contribution >= 4 is 17.5 Å². The van der Waals surface area contributed by atoms with Crippen molar-refractivity contribution in [2.45, 2.75) is 5.54 Å². The van der Waals surface area contributed by atoms with Gasteiger partial charge in [-0.05, 0) is 12.2 Å². The molecule has 2 N–H and O–H groups in total. The zero-order valence-electron chi connectivity index (χ0n) is 11.2. The van der Waals surface area contributed by atoms with Gasteiger partial charge in [0.05, 0.1) is 0 Å². The molecule has 0 aliphatic carbocycles. The van der Waals surface area contributed by atoms with Crippen LogP contribution >= 0.6 is 0 Å². The summed E-state index contributed by atoms with van der Waals surface area (Å²) in [5, 5.41) is 11.9. The highest BCUT2D eigenvalue weighted by molar-refractivity contribution is 6.19. The highest BCUT2D eigenvalue weighted by Crippen LogP contribution is 2.23. The standard InChI is InChI=1S/C14H18N2O4/c1-4-11(17)14(12(18)5-2)9-15-6-7-16(14)8-10(3)13(19)20/h4-5,15H,1-3,6-9H2,(H,19,20). The summed E-state index contributed by atoms with van der Waals surface area (Å²) in [7, 11) is 0. The maximum atomic E-state index is 12.2. The smallest absolute Gasteiger partial charge is 0.332 e. The van der Waals surface area contributed by atoms with E-state index in [1.165, 1.54) is 4.90 Å². The average Bonchev–Trinajstić information content (AvgIpc) is 2.45. The van der Waals surface area contributed by atoms with Crippen LogP contribution in [-0.2, 0) is 14.4 Å². The molecule has 1 rings (SSSR count). The number of nitrogens with zero attached hydrogens (tertiary/aromatic N) is 1. The minimum absolute atomic E-state index is 0.0732. The number of carboxylic acid groups (broad SMARTS) is 1. The first-order valence-corrected chi connectivity index (χ1v) is 6.10. The topological polar surface area (TPSA) is 86.7 Å². The SMILES string of the molecule is C=CC(=O)C1(C(=O)C=C)CNCCN1CC(=C)C(=O)O. The molecule has 0 aromatic heterocycles. The van der Waals surface area contributed by atoms with E-state index in [0.717, 1.165) is 12.2 Å². The average molecular weight is 278 g/mol. The lowest BCUT2D eigenvalue weighted by Gasteiger charge is -2.44. The number of carbonyl (C=O) groups is 3. The molecule has 1 saturated heterocycles. The zero-order valence-corrected chi connectivity index (χ0v) is 11.2. The van der Waals surface area contributed by atoms with Crippen molar-refractivity contribution in [1.29, 1.82) is 0 Å². The normalized spacial score (nSPS) is 18.0. The fourth-order valence-electron chi connectivity index (χ4n) is 2.24. The van der Waals surface area contributed by atoms with Gasteiger partial charge in [0.25, 0.3) is 0 Å². The Hall–Kier alpha value is -2.05. The van der Waals surface area contributed by atoms with E-state index in [-0.39, 0.29) is 18.7 Å². The fourth-order valence-corrected chi connectivity index (χ4v) is 2.24. The van der Waals surface area contributed by atoms with Gasteiger partial charge in [0.15, 0.2) is 17.1 Å². The van der Waals surface area contributed by atoms with Crippen molar-refractivity contribution in [2.75, 3.05) is 26.2 Å². The molecular formula is C14H18N2O4. The van der Waals surface area contributed by atoms with Gasteiger partial charge in [0.1, 0.15) is 0 Å². The molecule has 1 fully saturated rings. The van der Waals surface area contributed by atoms with E-state index < -0.39 is 23.1 Å². The molecule has 6 heteroatoms. The van der Waals surface area contributed by atoms with Gasteiger partial charge in [-0.15, -0.1) is 0 Å². The summed E-state index contributed by atoms with van der Waals surface area (Å²) >= 11 is 0. The number of hydrogen-bond acceptors (Lipinski definition) is 5. The van der Waals surface area contributed by atoms with E-state index in [4.69, 9.17) is 5.11 Å². The summed E-state index contributed by atoms with van der Waals surface area (Å²) in [6.45, 7) is 11.2. The minimum atomic E-state index is -1.49. The summed E-state index contributed by atoms with van der Waals surface area (Å²) < 4.78 is 0. The van der Waals surface area contributed by atoms with Crippen LogP contribution in [0.25, 0.3) is 0 Å². The van der Waals surface area contributed by atoms with Crippen LogP contribution < -0.4 is 5.32 Å². The molecule has 0 amide bonds. The van der Waals surface area contributed by atoms with E-state index in [9.17, 15) is 14.4 Å². The summed E-state index contributed by atoms with van der Waals surface area (Å²) in [6, 6.07) is 0. The lowest BCUT2D eigenvalue weighted by Crippen LogP contribution is -2.69. The predicted molar refractivity (Wildman–Crippen MR) is 74.4 cm³/mol. The first-order valence-electron chi connectivity index (χ1n) is 6.10. The van der Waals surface area contributed by atoms with Crippen molar-refractivity contribution in [3.63, 3.8) is 0 Å². The molecule has 20 heavy (non-hydrogen) atoms. The van der Waals surface area contributed by atoms with Crippen molar-refractivity contribution in [3.8, 4) is 0 Å². The molecule has 108 valence electrons. The van der Waals surface area contributed by atoms with E-state index in [1.54, 1.807) is 0 Å². The van der Waals surface area contributed by atoms with Crippen LogP contribution in [0.15, 0.2) is 37.5 Å². The Morgan fingerprint density at radius 1 is 1.25 bits per heavy atom. The van der Waals surface area contributed by atoms with Gasteiger partial charge in [-0.3, -0.25) is 14.5 Å². The van der Waals surface area contributed by atoms with E-state index in [1.807, 2.05) is 0 Å². The van der Waals surface area contributed by atoms with Gasteiger partial charge in [0.2, 0.25) is 0 Å². The van der Waals surface area contributed by atoms with Crippen LogP contribution in [0.2, 0.25) is 0 Å². The van der Waals surface area contributed by atoms with Crippen LogP contribution in [0.3, 0.4) is 0 Å². The second-order valence-corrected chi connectivity index (χ2v) is 4.50. The van der Waals surface area contributed by atoms with Crippen molar-refractivity contribution in [1.82, 2.24) is 10.2 Å². The Balaban J connectivity index is 3.21. The Bertz CT molecular complexity index is 462. The number of carboxylic acids is 1. The summed E-state index contributed by atoms with van der Waals surface area (Å²) in [5.41, 5.74) is -1.56. The number of piperazine rings is 1. The molecule has 0 radical (unpaired) electrons. The second-order valence-electron chi connectivity index (χ2n) is 4.50. The zero-order chi connectivity index (χ0) is 15.3. The number of ketones is 2. The molecule has 1 aliphatic rings. The lowest BCUT2D eigenvalue weighted by atomic mass is 9.84.